The maximum absolute atomic E-state index is 10.1. The number of halogens is 1. The van der Waals surface area contributed by atoms with Gasteiger partial charge in [-0.15, -0.1) is 0 Å². The molecule has 1 aliphatic carbocycles. The number of hydrogen-bond donors (Lipinski definition) is 2. The van der Waals surface area contributed by atoms with Crippen LogP contribution in [0.15, 0.2) is 36.4 Å². The first-order chi connectivity index (χ1) is 10.1. The van der Waals surface area contributed by atoms with E-state index in [9.17, 15) is 5.11 Å². The summed E-state index contributed by atoms with van der Waals surface area (Å²) in [7, 11) is 0. The molecule has 1 fully saturated rings. The lowest BCUT2D eigenvalue weighted by Crippen LogP contribution is -2.13. The van der Waals surface area contributed by atoms with E-state index >= 15 is 0 Å². The molecule has 0 bridgehead atoms. The summed E-state index contributed by atoms with van der Waals surface area (Å²) in [6.45, 7) is 3.88. The molecule has 1 saturated carbocycles. The largest absolute Gasteiger partial charge is 0.507 e. The van der Waals surface area contributed by atoms with Crippen LogP contribution in [0.5, 0.6) is 5.75 Å². The molecule has 0 saturated heterocycles. The van der Waals surface area contributed by atoms with Crippen molar-refractivity contribution in [2.75, 3.05) is 5.32 Å². The van der Waals surface area contributed by atoms with Crippen molar-refractivity contribution in [2.45, 2.75) is 32.7 Å². The monoisotopic (exact) mass is 301 g/mol. The predicted octanol–water partition coefficient (Wildman–Crippen LogP) is 5.23. The molecule has 0 amide bonds. The predicted molar refractivity (Wildman–Crippen MR) is 88.1 cm³/mol. The fourth-order valence-corrected chi connectivity index (χ4v) is 2.86. The summed E-state index contributed by atoms with van der Waals surface area (Å²) in [5, 5.41) is 14.5. The van der Waals surface area contributed by atoms with Gasteiger partial charge in [-0.25, -0.2) is 0 Å². The fraction of sp³-hybridized carbons (Fsp3) is 0.333. The Bertz CT molecular complexity index is 647. The van der Waals surface area contributed by atoms with E-state index in [0.29, 0.717) is 11.7 Å². The van der Waals surface area contributed by atoms with E-state index < -0.39 is 0 Å². The molecule has 0 spiro atoms. The molecule has 3 rings (SSSR count). The van der Waals surface area contributed by atoms with E-state index in [0.717, 1.165) is 21.8 Å². The Balaban J connectivity index is 1.89. The first kappa shape index (κ1) is 14.3. The smallest absolute Gasteiger partial charge is 0.123 e. The number of hydrogen-bond acceptors (Lipinski definition) is 2. The molecule has 110 valence electrons. The summed E-state index contributed by atoms with van der Waals surface area (Å²) in [6.07, 6.45) is 2.49. The van der Waals surface area contributed by atoms with E-state index in [2.05, 4.69) is 23.5 Å². The molecule has 2 aromatic rings. The number of nitrogens with one attached hydrogen (secondary N) is 1. The van der Waals surface area contributed by atoms with Gasteiger partial charge in [-0.2, -0.15) is 0 Å². The van der Waals surface area contributed by atoms with Crippen LogP contribution in [0, 0.1) is 19.8 Å². The third-order valence-electron chi connectivity index (χ3n) is 4.27. The van der Waals surface area contributed by atoms with Gasteiger partial charge in [-0.3, -0.25) is 0 Å². The minimum absolute atomic E-state index is 0.281. The molecule has 1 aliphatic rings. The molecule has 2 aromatic carbocycles. The second-order valence-corrected chi connectivity index (χ2v) is 6.35. The van der Waals surface area contributed by atoms with E-state index in [4.69, 9.17) is 11.6 Å². The van der Waals surface area contributed by atoms with Gasteiger partial charge in [0, 0.05) is 16.3 Å². The molecule has 2 N–H and O–H groups in total. The van der Waals surface area contributed by atoms with Gasteiger partial charge in [0.05, 0.1) is 6.04 Å². The van der Waals surface area contributed by atoms with E-state index in [1.807, 2.05) is 32.0 Å². The topological polar surface area (TPSA) is 32.3 Å². The van der Waals surface area contributed by atoms with Crippen LogP contribution in [0.3, 0.4) is 0 Å². The maximum Gasteiger partial charge on any atom is 0.123 e. The van der Waals surface area contributed by atoms with Crippen molar-refractivity contribution in [1.29, 1.82) is 0 Å². The van der Waals surface area contributed by atoms with Crippen molar-refractivity contribution in [3.05, 3.63) is 58.1 Å². The van der Waals surface area contributed by atoms with Crippen LogP contribution in [-0.4, -0.2) is 5.11 Å². The zero-order valence-corrected chi connectivity index (χ0v) is 13.1. The van der Waals surface area contributed by atoms with Crippen molar-refractivity contribution in [3.8, 4) is 5.75 Å². The highest BCUT2D eigenvalue weighted by atomic mass is 35.5. The fourth-order valence-electron chi connectivity index (χ4n) is 2.73. The SMILES string of the molecule is Cc1ccc(NC(c2ccc(Cl)cc2)C2CC2)c(C)c1O. The molecular weight excluding hydrogens is 282 g/mol. The van der Waals surface area contributed by atoms with Crippen molar-refractivity contribution < 1.29 is 5.11 Å². The minimum atomic E-state index is 0.281. The highest BCUT2D eigenvalue weighted by Crippen LogP contribution is 2.44. The Morgan fingerprint density at radius 1 is 1.10 bits per heavy atom. The minimum Gasteiger partial charge on any atom is -0.507 e. The molecule has 21 heavy (non-hydrogen) atoms. The Hall–Kier alpha value is -1.67. The lowest BCUT2D eigenvalue weighted by Gasteiger charge is -2.22. The van der Waals surface area contributed by atoms with Gasteiger partial charge < -0.3 is 10.4 Å². The highest BCUT2D eigenvalue weighted by molar-refractivity contribution is 6.30. The molecule has 0 aromatic heterocycles. The zero-order valence-electron chi connectivity index (χ0n) is 12.4. The molecular formula is C18H20ClNO. The van der Waals surface area contributed by atoms with Crippen LogP contribution < -0.4 is 5.32 Å². The van der Waals surface area contributed by atoms with Crippen LogP contribution >= 0.6 is 11.6 Å². The van der Waals surface area contributed by atoms with E-state index in [1.165, 1.54) is 18.4 Å². The average Bonchev–Trinajstić information content (AvgIpc) is 3.30. The van der Waals surface area contributed by atoms with Crippen LogP contribution in [0.1, 0.15) is 35.6 Å². The Labute approximate surface area is 130 Å². The van der Waals surface area contributed by atoms with Crippen LogP contribution in [0.4, 0.5) is 5.69 Å². The van der Waals surface area contributed by atoms with Gasteiger partial charge in [-0.05, 0) is 61.9 Å². The lowest BCUT2D eigenvalue weighted by molar-refractivity contribution is 0.467. The second-order valence-electron chi connectivity index (χ2n) is 5.91. The molecule has 0 radical (unpaired) electrons. The number of phenolic OH excluding ortho intramolecular Hbond substituents is 1. The number of rotatable bonds is 4. The summed E-state index contributed by atoms with van der Waals surface area (Å²) in [5.74, 6) is 1.04. The van der Waals surface area contributed by atoms with E-state index in [1.54, 1.807) is 0 Å². The highest BCUT2D eigenvalue weighted by Gasteiger charge is 2.32. The summed E-state index contributed by atoms with van der Waals surface area (Å²) in [6, 6.07) is 12.3. The molecule has 1 atom stereocenters. The van der Waals surface area contributed by atoms with Crippen LogP contribution in [0.2, 0.25) is 5.02 Å². The summed E-state index contributed by atoms with van der Waals surface area (Å²) >= 11 is 5.98. The van der Waals surface area contributed by atoms with Gasteiger partial charge in [0.15, 0.2) is 0 Å². The second kappa shape index (κ2) is 5.61. The Kier molecular flexibility index (Phi) is 3.81. The number of anilines is 1. The maximum atomic E-state index is 10.1. The number of aromatic hydroxyl groups is 1. The molecule has 0 aliphatic heterocycles. The lowest BCUT2D eigenvalue weighted by atomic mass is 10.0. The first-order valence-electron chi connectivity index (χ1n) is 7.37. The first-order valence-corrected chi connectivity index (χ1v) is 7.75. The normalized spacial score (nSPS) is 15.8. The van der Waals surface area contributed by atoms with Crippen molar-refractivity contribution in [1.82, 2.24) is 0 Å². The van der Waals surface area contributed by atoms with Crippen molar-refractivity contribution >= 4 is 17.3 Å². The quantitative estimate of drug-likeness (QED) is 0.811. The Morgan fingerprint density at radius 2 is 1.76 bits per heavy atom. The van der Waals surface area contributed by atoms with Crippen LogP contribution in [0.25, 0.3) is 0 Å². The van der Waals surface area contributed by atoms with Crippen molar-refractivity contribution in [3.63, 3.8) is 0 Å². The standard InChI is InChI=1S/C18H20ClNO/c1-11-3-10-16(12(2)18(11)21)20-17(13-4-5-13)14-6-8-15(19)9-7-14/h3,6-10,13,17,20-21H,4-5H2,1-2H3. The molecule has 0 heterocycles. The Morgan fingerprint density at radius 3 is 2.38 bits per heavy atom. The van der Waals surface area contributed by atoms with E-state index in [-0.39, 0.29) is 6.04 Å². The third kappa shape index (κ3) is 3.01. The molecule has 1 unspecified atom stereocenters. The number of benzene rings is 2. The molecule has 2 nitrogen and oxygen atoms in total. The third-order valence-corrected chi connectivity index (χ3v) is 4.52. The van der Waals surface area contributed by atoms with Gasteiger partial charge in [0.25, 0.3) is 0 Å². The molecule has 3 heteroatoms. The summed E-state index contributed by atoms with van der Waals surface area (Å²) < 4.78 is 0. The number of phenols is 1. The summed E-state index contributed by atoms with van der Waals surface area (Å²) in [5.41, 5.74) is 4.08. The van der Waals surface area contributed by atoms with Gasteiger partial charge >= 0.3 is 0 Å². The number of aryl methyl sites for hydroxylation is 1. The zero-order chi connectivity index (χ0) is 15.0. The average molecular weight is 302 g/mol. The van der Waals surface area contributed by atoms with Crippen molar-refractivity contribution in [2.24, 2.45) is 5.92 Å². The van der Waals surface area contributed by atoms with Gasteiger partial charge in [0.2, 0.25) is 0 Å². The van der Waals surface area contributed by atoms with Gasteiger partial charge in [-0.1, -0.05) is 29.8 Å². The van der Waals surface area contributed by atoms with Crippen LogP contribution in [-0.2, 0) is 0 Å². The van der Waals surface area contributed by atoms with Gasteiger partial charge in [0.1, 0.15) is 5.75 Å². The summed E-state index contributed by atoms with van der Waals surface area (Å²) in [4.78, 5) is 0.